The Labute approximate surface area is 95.8 Å². The van der Waals surface area contributed by atoms with E-state index in [0.717, 1.165) is 6.54 Å². The van der Waals surface area contributed by atoms with Crippen LogP contribution in [0.1, 0.15) is 25.8 Å². The van der Waals surface area contributed by atoms with Gasteiger partial charge in [-0.05, 0) is 41.0 Å². The third-order valence-corrected chi connectivity index (χ3v) is 4.37. The van der Waals surface area contributed by atoms with Crippen LogP contribution in [-0.4, -0.2) is 11.5 Å². The monoisotopic (exact) mass is 214 g/mol. The predicted octanol–water partition coefficient (Wildman–Crippen LogP) is 2.79. The van der Waals surface area contributed by atoms with Gasteiger partial charge < -0.3 is 10.7 Å². The van der Waals surface area contributed by atoms with Gasteiger partial charge in [0.15, 0.2) is 0 Å². The molecule has 16 heavy (non-hydrogen) atoms. The van der Waals surface area contributed by atoms with Crippen molar-refractivity contribution in [1.82, 2.24) is 4.98 Å². The summed E-state index contributed by atoms with van der Waals surface area (Å²) in [7, 11) is 0. The molecule has 1 aliphatic rings. The lowest BCUT2D eigenvalue weighted by Crippen LogP contribution is -2.25. The average molecular weight is 214 g/mol. The fourth-order valence-corrected chi connectivity index (χ4v) is 3.02. The summed E-state index contributed by atoms with van der Waals surface area (Å²) in [5.41, 5.74) is 9.15. The van der Waals surface area contributed by atoms with Gasteiger partial charge >= 0.3 is 0 Å². The second kappa shape index (κ2) is 2.89. The Bertz CT molecular complexity index is 538. The fraction of sp³-hybridized carbons (Fsp3) is 0.429. The molecule has 84 valence electrons. The molecule has 0 radical (unpaired) electrons. The van der Waals surface area contributed by atoms with Crippen molar-refractivity contribution in [3.8, 4) is 0 Å². The molecular formula is C14H18N2. The van der Waals surface area contributed by atoms with Crippen LogP contribution in [0.3, 0.4) is 0 Å². The standard InChI is InChI=1S/C14H18N2/c1-13(2)8-14(13,9-15)11-3-4-12-10(7-11)5-6-16-12/h3-7,16H,8-9,15H2,1-2H3. The average Bonchev–Trinajstić information content (AvgIpc) is 2.63. The minimum atomic E-state index is 0.207. The number of H-pyrrole nitrogens is 1. The Morgan fingerprint density at radius 1 is 1.31 bits per heavy atom. The predicted molar refractivity (Wildman–Crippen MR) is 67.4 cm³/mol. The fourth-order valence-electron chi connectivity index (χ4n) is 3.02. The molecule has 0 bridgehead atoms. The van der Waals surface area contributed by atoms with Crippen molar-refractivity contribution in [1.29, 1.82) is 0 Å². The first-order valence-electron chi connectivity index (χ1n) is 5.87. The van der Waals surface area contributed by atoms with Crippen LogP contribution in [-0.2, 0) is 5.41 Å². The number of aromatic nitrogens is 1. The van der Waals surface area contributed by atoms with Crippen LogP contribution < -0.4 is 5.73 Å². The molecule has 2 heteroatoms. The second-order valence-electron chi connectivity index (χ2n) is 5.63. The van der Waals surface area contributed by atoms with E-state index in [1.165, 1.54) is 22.9 Å². The third kappa shape index (κ3) is 1.11. The molecule has 1 aromatic heterocycles. The zero-order valence-corrected chi connectivity index (χ0v) is 9.88. The van der Waals surface area contributed by atoms with Gasteiger partial charge in [-0.1, -0.05) is 19.9 Å². The Morgan fingerprint density at radius 2 is 2.06 bits per heavy atom. The highest BCUT2D eigenvalue weighted by Gasteiger charge is 2.60. The zero-order chi connectivity index (χ0) is 11.4. The number of fused-ring (bicyclic) bond motifs is 1. The van der Waals surface area contributed by atoms with Crippen molar-refractivity contribution in [3.63, 3.8) is 0 Å². The van der Waals surface area contributed by atoms with Crippen molar-refractivity contribution in [2.45, 2.75) is 25.7 Å². The van der Waals surface area contributed by atoms with Crippen LogP contribution in [0.4, 0.5) is 0 Å². The number of nitrogens with two attached hydrogens (primary N) is 1. The lowest BCUT2D eigenvalue weighted by atomic mass is 9.87. The highest BCUT2D eigenvalue weighted by molar-refractivity contribution is 5.80. The molecule has 0 aliphatic heterocycles. The van der Waals surface area contributed by atoms with Crippen LogP contribution in [0.2, 0.25) is 0 Å². The van der Waals surface area contributed by atoms with Crippen molar-refractivity contribution in [3.05, 3.63) is 36.0 Å². The molecule has 2 aromatic rings. The lowest BCUT2D eigenvalue weighted by Gasteiger charge is -2.19. The van der Waals surface area contributed by atoms with Crippen molar-refractivity contribution >= 4 is 10.9 Å². The maximum absolute atomic E-state index is 5.99. The highest BCUT2D eigenvalue weighted by Crippen LogP contribution is 2.63. The molecule has 3 N–H and O–H groups in total. The van der Waals surface area contributed by atoms with Gasteiger partial charge in [-0.2, -0.15) is 0 Å². The van der Waals surface area contributed by atoms with Crippen LogP contribution in [0, 0.1) is 5.41 Å². The van der Waals surface area contributed by atoms with Gasteiger partial charge in [0.1, 0.15) is 0 Å². The van der Waals surface area contributed by atoms with Crippen LogP contribution in [0.15, 0.2) is 30.5 Å². The summed E-state index contributed by atoms with van der Waals surface area (Å²) in [5.74, 6) is 0. The van der Waals surface area contributed by atoms with E-state index in [-0.39, 0.29) is 5.41 Å². The molecular weight excluding hydrogens is 196 g/mol. The molecule has 2 nitrogen and oxygen atoms in total. The largest absolute Gasteiger partial charge is 0.361 e. The molecule has 3 rings (SSSR count). The molecule has 1 fully saturated rings. The third-order valence-electron chi connectivity index (χ3n) is 4.37. The summed E-state index contributed by atoms with van der Waals surface area (Å²) in [6.45, 7) is 5.36. The molecule has 0 saturated heterocycles. The first-order chi connectivity index (χ1) is 7.59. The van der Waals surface area contributed by atoms with E-state index >= 15 is 0 Å². The molecule has 1 saturated carbocycles. The van der Waals surface area contributed by atoms with Gasteiger partial charge in [-0.15, -0.1) is 0 Å². The molecule has 1 unspecified atom stereocenters. The van der Waals surface area contributed by atoms with E-state index in [1.807, 2.05) is 6.20 Å². The van der Waals surface area contributed by atoms with E-state index in [0.29, 0.717) is 5.41 Å². The first-order valence-corrected chi connectivity index (χ1v) is 5.87. The Balaban J connectivity index is 2.12. The Hall–Kier alpha value is -1.28. The van der Waals surface area contributed by atoms with Crippen LogP contribution in [0.5, 0.6) is 0 Å². The lowest BCUT2D eigenvalue weighted by molar-refractivity contribution is 0.503. The highest BCUT2D eigenvalue weighted by atomic mass is 14.7. The van der Waals surface area contributed by atoms with Gasteiger partial charge in [-0.25, -0.2) is 0 Å². The smallest absolute Gasteiger partial charge is 0.0454 e. The second-order valence-corrected chi connectivity index (χ2v) is 5.63. The Morgan fingerprint density at radius 3 is 2.69 bits per heavy atom. The maximum Gasteiger partial charge on any atom is 0.0454 e. The zero-order valence-electron chi connectivity index (χ0n) is 9.88. The molecule has 1 atom stereocenters. The number of benzene rings is 1. The van der Waals surface area contributed by atoms with E-state index < -0.39 is 0 Å². The van der Waals surface area contributed by atoms with E-state index in [2.05, 4.69) is 43.1 Å². The van der Waals surface area contributed by atoms with Crippen molar-refractivity contribution in [2.24, 2.45) is 11.1 Å². The van der Waals surface area contributed by atoms with Crippen LogP contribution in [0.25, 0.3) is 10.9 Å². The summed E-state index contributed by atoms with van der Waals surface area (Å²) in [6, 6.07) is 8.79. The minimum absolute atomic E-state index is 0.207. The SMILES string of the molecule is CC1(C)CC1(CN)c1ccc2[nH]ccc2c1. The van der Waals surface area contributed by atoms with Gasteiger partial charge in [0.05, 0.1) is 0 Å². The number of aromatic amines is 1. The van der Waals surface area contributed by atoms with Crippen LogP contribution >= 0.6 is 0 Å². The molecule has 1 aliphatic carbocycles. The summed E-state index contributed by atoms with van der Waals surface area (Å²) in [4.78, 5) is 3.23. The molecule has 1 heterocycles. The van der Waals surface area contributed by atoms with Gasteiger partial charge in [0.25, 0.3) is 0 Å². The number of nitrogens with one attached hydrogen (secondary N) is 1. The summed E-state index contributed by atoms with van der Waals surface area (Å²) >= 11 is 0. The topological polar surface area (TPSA) is 41.8 Å². The first kappa shape index (κ1) is 9.91. The van der Waals surface area contributed by atoms with Crippen molar-refractivity contribution < 1.29 is 0 Å². The summed E-state index contributed by atoms with van der Waals surface area (Å²) in [6.07, 6.45) is 3.19. The van der Waals surface area contributed by atoms with E-state index in [1.54, 1.807) is 0 Å². The quantitative estimate of drug-likeness (QED) is 0.793. The van der Waals surface area contributed by atoms with E-state index in [4.69, 9.17) is 5.73 Å². The van der Waals surface area contributed by atoms with Gasteiger partial charge in [-0.3, -0.25) is 0 Å². The van der Waals surface area contributed by atoms with E-state index in [9.17, 15) is 0 Å². The Kier molecular flexibility index (Phi) is 1.79. The summed E-state index contributed by atoms with van der Waals surface area (Å²) in [5, 5.41) is 1.29. The van der Waals surface area contributed by atoms with Gasteiger partial charge in [0, 0.05) is 23.7 Å². The molecule has 0 amide bonds. The number of hydrogen-bond acceptors (Lipinski definition) is 1. The maximum atomic E-state index is 5.99. The number of rotatable bonds is 2. The minimum Gasteiger partial charge on any atom is -0.361 e. The molecule has 1 aromatic carbocycles. The number of hydrogen-bond donors (Lipinski definition) is 2. The van der Waals surface area contributed by atoms with Gasteiger partial charge in [0.2, 0.25) is 0 Å². The molecule has 0 spiro atoms. The van der Waals surface area contributed by atoms with Crippen molar-refractivity contribution in [2.75, 3.05) is 6.54 Å². The summed E-state index contributed by atoms with van der Waals surface area (Å²) < 4.78 is 0. The normalized spacial score (nSPS) is 27.2.